The smallest absolute Gasteiger partial charge is 0.244 e. The number of hydrogen-bond acceptors (Lipinski definition) is 4. The van der Waals surface area contributed by atoms with Gasteiger partial charge in [-0.05, 0) is 29.0 Å². The minimum absolute atomic E-state index is 0.360. The highest BCUT2D eigenvalue weighted by Gasteiger charge is 2.10. The maximum atomic E-state index is 12.0. The third-order valence-electron chi connectivity index (χ3n) is 2.38. The summed E-state index contributed by atoms with van der Waals surface area (Å²) in [7, 11) is 0. The molecule has 0 bridgehead atoms. The molecular formula is C11H10ClN5O. The standard InChI is InChI=1S/C11H10ClN5O/c12-9-5-1-2-6-10(9)17-11(18)16(14-15-17)8-4-3-7-13/h1-2,5-6H,3-4,8H2. The first-order chi connectivity index (χ1) is 8.74. The second-order valence-electron chi connectivity index (χ2n) is 3.61. The van der Waals surface area contributed by atoms with Crippen LogP contribution in [0.2, 0.25) is 5.02 Å². The number of halogens is 1. The molecule has 0 fully saturated rings. The third kappa shape index (κ3) is 2.41. The van der Waals surface area contributed by atoms with E-state index in [9.17, 15) is 4.79 Å². The Balaban J connectivity index is 2.30. The van der Waals surface area contributed by atoms with Crippen LogP contribution < -0.4 is 5.69 Å². The number of para-hydroxylation sites is 1. The van der Waals surface area contributed by atoms with Gasteiger partial charge >= 0.3 is 5.69 Å². The molecule has 2 aromatic rings. The van der Waals surface area contributed by atoms with Gasteiger partial charge in [-0.1, -0.05) is 23.7 Å². The average molecular weight is 264 g/mol. The molecule has 6 nitrogen and oxygen atoms in total. The monoisotopic (exact) mass is 263 g/mol. The van der Waals surface area contributed by atoms with Gasteiger partial charge in [0.05, 0.1) is 16.8 Å². The molecule has 1 heterocycles. The van der Waals surface area contributed by atoms with E-state index in [-0.39, 0.29) is 5.69 Å². The first kappa shape index (κ1) is 12.3. The molecule has 0 aliphatic heterocycles. The van der Waals surface area contributed by atoms with Crippen molar-refractivity contribution in [2.75, 3.05) is 0 Å². The SMILES string of the molecule is N#CCCCn1nnn(-c2ccccc2Cl)c1=O. The molecule has 0 atom stereocenters. The summed E-state index contributed by atoms with van der Waals surface area (Å²) in [5.41, 5.74) is 0.136. The Bertz CT molecular complexity index is 639. The average Bonchev–Trinajstić information content (AvgIpc) is 2.72. The predicted octanol–water partition coefficient (Wildman–Crippen LogP) is 1.39. The Labute approximate surface area is 108 Å². The van der Waals surface area contributed by atoms with E-state index >= 15 is 0 Å². The van der Waals surface area contributed by atoms with Crippen LogP contribution in [0, 0.1) is 11.3 Å². The molecule has 0 aliphatic rings. The first-order valence-corrected chi connectivity index (χ1v) is 5.76. The Hall–Kier alpha value is -2.13. The zero-order valence-electron chi connectivity index (χ0n) is 9.45. The molecule has 0 saturated carbocycles. The Morgan fingerprint density at radius 3 is 2.83 bits per heavy atom. The van der Waals surface area contributed by atoms with E-state index in [2.05, 4.69) is 10.4 Å². The van der Waals surface area contributed by atoms with E-state index in [0.29, 0.717) is 30.1 Å². The van der Waals surface area contributed by atoms with Crippen LogP contribution in [0.1, 0.15) is 12.8 Å². The fourth-order valence-corrected chi connectivity index (χ4v) is 1.71. The van der Waals surface area contributed by atoms with Crippen LogP contribution in [0.15, 0.2) is 29.1 Å². The maximum absolute atomic E-state index is 12.0. The van der Waals surface area contributed by atoms with Crippen LogP contribution >= 0.6 is 11.6 Å². The lowest BCUT2D eigenvalue weighted by molar-refractivity contribution is 0.551. The minimum atomic E-state index is -0.360. The number of tetrazole rings is 1. The predicted molar refractivity (Wildman–Crippen MR) is 65.5 cm³/mol. The number of aryl methyl sites for hydroxylation is 1. The fourth-order valence-electron chi connectivity index (χ4n) is 1.50. The van der Waals surface area contributed by atoms with E-state index in [1.807, 2.05) is 6.07 Å². The topological polar surface area (TPSA) is 76.5 Å². The van der Waals surface area contributed by atoms with Crippen molar-refractivity contribution in [1.82, 2.24) is 19.8 Å². The van der Waals surface area contributed by atoms with Gasteiger partial charge in [-0.2, -0.15) is 14.6 Å². The molecule has 0 saturated heterocycles. The first-order valence-electron chi connectivity index (χ1n) is 5.38. The molecule has 1 aromatic carbocycles. The van der Waals surface area contributed by atoms with Gasteiger partial charge in [0.1, 0.15) is 0 Å². The number of rotatable bonds is 4. The summed E-state index contributed by atoms with van der Waals surface area (Å²) < 4.78 is 2.37. The summed E-state index contributed by atoms with van der Waals surface area (Å²) in [6.45, 7) is 0.372. The molecule has 92 valence electrons. The molecule has 0 unspecified atom stereocenters. The second kappa shape index (κ2) is 5.47. The van der Waals surface area contributed by atoms with Crippen molar-refractivity contribution in [1.29, 1.82) is 5.26 Å². The van der Waals surface area contributed by atoms with Crippen LogP contribution in [0.3, 0.4) is 0 Å². The highest BCUT2D eigenvalue weighted by Crippen LogP contribution is 2.16. The number of nitriles is 1. The highest BCUT2D eigenvalue weighted by molar-refractivity contribution is 6.32. The molecule has 0 N–H and O–H groups in total. The van der Waals surface area contributed by atoms with Crippen molar-refractivity contribution < 1.29 is 0 Å². The fraction of sp³-hybridized carbons (Fsp3) is 0.273. The van der Waals surface area contributed by atoms with Gasteiger partial charge in [0.15, 0.2) is 0 Å². The van der Waals surface area contributed by atoms with Gasteiger partial charge in [-0.25, -0.2) is 4.79 Å². The van der Waals surface area contributed by atoms with Gasteiger partial charge in [0.2, 0.25) is 0 Å². The number of hydrogen-bond donors (Lipinski definition) is 0. The Morgan fingerprint density at radius 1 is 1.33 bits per heavy atom. The number of nitrogens with zero attached hydrogens (tertiary/aromatic N) is 5. The summed E-state index contributed by atoms with van der Waals surface area (Å²) in [4.78, 5) is 12.0. The van der Waals surface area contributed by atoms with E-state index in [4.69, 9.17) is 16.9 Å². The molecule has 0 aliphatic carbocycles. The quantitative estimate of drug-likeness (QED) is 0.781. The van der Waals surface area contributed by atoms with Crippen LogP contribution in [0.25, 0.3) is 5.69 Å². The molecular weight excluding hydrogens is 254 g/mol. The lowest BCUT2D eigenvalue weighted by Gasteiger charge is -2.00. The molecule has 0 spiro atoms. The Morgan fingerprint density at radius 2 is 2.11 bits per heavy atom. The van der Waals surface area contributed by atoms with Crippen molar-refractivity contribution >= 4 is 11.6 Å². The molecule has 7 heteroatoms. The zero-order valence-corrected chi connectivity index (χ0v) is 10.2. The number of aromatic nitrogens is 4. The highest BCUT2D eigenvalue weighted by atomic mass is 35.5. The Kier molecular flexibility index (Phi) is 3.75. The molecule has 1 aromatic heterocycles. The normalized spacial score (nSPS) is 10.2. The van der Waals surface area contributed by atoms with Gasteiger partial charge in [0.25, 0.3) is 0 Å². The third-order valence-corrected chi connectivity index (χ3v) is 2.70. The van der Waals surface area contributed by atoms with Crippen molar-refractivity contribution in [2.24, 2.45) is 0 Å². The number of benzene rings is 1. The van der Waals surface area contributed by atoms with Gasteiger partial charge < -0.3 is 0 Å². The lowest BCUT2D eigenvalue weighted by atomic mass is 10.3. The lowest BCUT2D eigenvalue weighted by Crippen LogP contribution is -2.24. The van der Waals surface area contributed by atoms with Crippen LogP contribution in [-0.2, 0) is 6.54 Å². The van der Waals surface area contributed by atoms with E-state index < -0.39 is 0 Å². The van der Waals surface area contributed by atoms with Crippen molar-refractivity contribution in [3.05, 3.63) is 39.8 Å². The van der Waals surface area contributed by atoms with Crippen molar-refractivity contribution in [3.63, 3.8) is 0 Å². The van der Waals surface area contributed by atoms with Crippen LogP contribution in [0.4, 0.5) is 0 Å². The van der Waals surface area contributed by atoms with E-state index in [1.54, 1.807) is 24.3 Å². The maximum Gasteiger partial charge on any atom is 0.368 e. The molecule has 18 heavy (non-hydrogen) atoms. The summed E-state index contributed by atoms with van der Waals surface area (Å²) in [6, 6.07) is 8.92. The largest absolute Gasteiger partial charge is 0.368 e. The van der Waals surface area contributed by atoms with Crippen LogP contribution in [-0.4, -0.2) is 19.8 Å². The van der Waals surface area contributed by atoms with Gasteiger partial charge in [-0.15, -0.1) is 0 Å². The van der Waals surface area contributed by atoms with Crippen molar-refractivity contribution in [3.8, 4) is 11.8 Å². The van der Waals surface area contributed by atoms with Crippen LogP contribution in [0.5, 0.6) is 0 Å². The summed E-state index contributed by atoms with van der Waals surface area (Å²) in [5.74, 6) is 0. The number of unbranched alkanes of at least 4 members (excludes halogenated alkanes) is 1. The minimum Gasteiger partial charge on any atom is -0.244 e. The second-order valence-corrected chi connectivity index (χ2v) is 4.02. The van der Waals surface area contributed by atoms with E-state index in [0.717, 1.165) is 4.68 Å². The van der Waals surface area contributed by atoms with E-state index in [1.165, 1.54) is 4.68 Å². The summed E-state index contributed by atoms with van der Waals surface area (Å²) >= 11 is 5.99. The van der Waals surface area contributed by atoms with Crippen molar-refractivity contribution in [2.45, 2.75) is 19.4 Å². The summed E-state index contributed by atoms with van der Waals surface area (Å²) in [5, 5.41) is 16.4. The van der Waals surface area contributed by atoms with Gasteiger partial charge in [0, 0.05) is 13.0 Å². The molecule has 2 rings (SSSR count). The zero-order chi connectivity index (χ0) is 13.0. The molecule has 0 amide bonds. The summed E-state index contributed by atoms with van der Waals surface area (Å²) in [6.07, 6.45) is 0.947. The van der Waals surface area contributed by atoms with Gasteiger partial charge in [-0.3, -0.25) is 0 Å². The molecule has 0 radical (unpaired) electrons.